The fourth-order valence-electron chi connectivity index (χ4n) is 4.08. The summed E-state index contributed by atoms with van der Waals surface area (Å²) in [5, 5.41) is 6.14. The summed E-state index contributed by atoms with van der Waals surface area (Å²) in [5.41, 5.74) is 3.53. The van der Waals surface area contributed by atoms with Gasteiger partial charge in [-0.25, -0.2) is 4.98 Å². The zero-order valence-corrected chi connectivity index (χ0v) is 20.0. The van der Waals surface area contributed by atoms with Gasteiger partial charge in [0.1, 0.15) is 11.4 Å². The van der Waals surface area contributed by atoms with E-state index in [1.165, 1.54) is 0 Å². The van der Waals surface area contributed by atoms with Gasteiger partial charge in [-0.15, -0.1) is 0 Å². The van der Waals surface area contributed by atoms with Crippen molar-refractivity contribution in [1.82, 2.24) is 15.3 Å². The lowest BCUT2D eigenvalue weighted by Gasteiger charge is -2.22. The summed E-state index contributed by atoms with van der Waals surface area (Å²) < 4.78 is 6.33. The largest absolute Gasteiger partial charge is 0.369 e. The molecule has 0 saturated carbocycles. The van der Waals surface area contributed by atoms with Crippen LogP contribution in [0.2, 0.25) is 0 Å². The van der Waals surface area contributed by atoms with E-state index in [1.54, 1.807) is 18.1 Å². The van der Waals surface area contributed by atoms with Crippen molar-refractivity contribution in [3.8, 4) is 0 Å². The highest BCUT2D eigenvalue weighted by Crippen LogP contribution is 2.28. The zero-order chi connectivity index (χ0) is 23.9. The molecule has 2 aromatic carbocycles. The second-order valence-electron chi connectivity index (χ2n) is 8.33. The fourth-order valence-corrected chi connectivity index (χ4v) is 4.08. The Balaban J connectivity index is 1.53. The molecule has 0 aliphatic carbocycles. The second-order valence-corrected chi connectivity index (χ2v) is 8.33. The molecule has 178 valence electrons. The van der Waals surface area contributed by atoms with Gasteiger partial charge in [0.05, 0.1) is 12.7 Å². The van der Waals surface area contributed by atoms with Crippen molar-refractivity contribution >= 4 is 23.4 Å². The quantitative estimate of drug-likeness (QED) is 0.506. The van der Waals surface area contributed by atoms with Crippen LogP contribution in [0.15, 0.2) is 60.8 Å². The summed E-state index contributed by atoms with van der Waals surface area (Å²) in [5.74, 6) is 1.04. The number of amides is 1. The van der Waals surface area contributed by atoms with E-state index in [0.29, 0.717) is 37.0 Å². The van der Waals surface area contributed by atoms with E-state index in [4.69, 9.17) is 4.74 Å². The molecule has 1 atom stereocenters. The third kappa shape index (κ3) is 5.35. The highest BCUT2D eigenvalue weighted by atomic mass is 16.5. The number of nitrogens with zero attached hydrogens (tertiary/aromatic N) is 4. The molecular weight excluding hydrogens is 428 g/mol. The molecule has 0 saturated heterocycles. The maximum Gasteiger partial charge on any atom is 0.263 e. The molecule has 4 rings (SSSR count). The Morgan fingerprint density at radius 2 is 1.91 bits per heavy atom. The van der Waals surface area contributed by atoms with Crippen LogP contribution < -0.4 is 20.4 Å². The number of benzene rings is 2. The van der Waals surface area contributed by atoms with Gasteiger partial charge in [-0.2, -0.15) is 4.98 Å². The van der Waals surface area contributed by atoms with Gasteiger partial charge in [-0.1, -0.05) is 42.5 Å². The maximum atomic E-state index is 13.4. The van der Waals surface area contributed by atoms with E-state index in [1.807, 2.05) is 61.5 Å². The Hall–Kier alpha value is -3.49. The number of anilines is 3. The van der Waals surface area contributed by atoms with Gasteiger partial charge in [-0.3, -0.25) is 4.79 Å². The van der Waals surface area contributed by atoms with Crippen LogP contribution in [0.1, 0.15) is 34.0 Å². The summed E-state index contributed by atoms with van der Waals surface area (Å²) in [6.07, 6.45) is 2.48. The molecule has 34 heavy (non-hydrogen) atoms. The smallest absolute Gasteiger partial charge is 0.263 e. The minimum Gasteiger partial charge on any atom is -0.369 e. The number of rotatable bonds is 9. The number of ether oxygens (including phenoxy) is 1. The molecule has 8 heteroatoms. The molecule has 8 nitrogen and oxygen atoms in total. The van der Waals surface area contributed by atoms with Crippen molar-refractivity contribution < 1.29 is 9.53 Å². The molecule has 2 heterocycles. The van der Waals surface area contributed by atoms with E-state index < -0.39 is 0 Å². The number of fused-ring (bicyclic) bond motifs is 1. The highest BCUT2D eigenvalue weighted by molar-refractivity contribution is 6.09. The van der Waals surface area contributed by atoms with Crippen molar-refractivity contribution in [2.24, 2.45) is 0 Å². The molecule has 1 unspecified atom stereocenters. The van der Waals surface area contributed by atoms with Crippen LogP contribution in [0.3, 0.4) is 0 Å². The van der Waals surface area contributed by atoms with Gasteiger partial charge in [-0.05, 0) is 43.3 Å². The Bertz CT molecular complexity index is 1110. The number of carbonyl (C=O) groups is 1. The van der Waals surface area contributed by atoms with E-state index >= 15 is 0 Å². The lowest BCUT2D eigenvalue weighted by molar-refractivity contribution is 0.0344. The Kier molecular flexibility index (Phi) is 7.72. The van der Waals surface area contributed by atoms with Crippen molar-refractivity contribution in [2.45, 2.75) is 19.1 Å². The predicted octanol–water partition coefficient (Wildman–Crippen LogP) is 3.48. The third-order valence-electron chi connectivity index (χ3n) is 5.99. The zero-order valence-electron chi connectivity index (χ0n) is 20.0. The molecule has 0 spiro atoms. The van der Waals surface area contributed by atoms with Crippen LogP contribution in [-0.2, 0) is 11.3 Å². The summed E-state index contributed by atoms with van der Waals surface area (Å²) in [6, 6.07) is 18.3. The molecule has 1 aliphatic heterocycles. The molecule has 0 bridgehead atoms. The maximum absolute atomic E-state index is 13.4. The number of nitrogens with one attached hydrogen (secondary N) is 2. The monoisotopic (exact) mass is 460 g/mol. The first-order chi connectivity index (χ1) is 16.6. The van der Waals surface area contributed by atoms with E-state index in [9.17, 15) is 4.79 Å². The van der Waals surface area contributed by atoms with Crippen molar-refractivity contribution in [3.05, 3.63) is 77.5 Å². The summed E-state index contributed by atoms with van der Waals surface area (Å²) >= 11 is 0. The first-order valence-electron chi connectivity index (χ1n) is 11.6. The fraction of sp³-hybridized carbons (Fsp3) is 0.346. The van der Waals surface area contributed by atoms with Crippen molar-refractivity contribution in [3.63, 3.8) is 0 Å². The van der Waals surface area contributed by atoms with Gasteiger partial charge in [0.25, 0.3) is 5.91 Å². The molecule has 1 aromatic heterocycles. The van der Waals surface area contributed by atoms with Crippen LogP contribution in [-0.4, -0.2) is 56.7 Å². The standard InChI is InChI=1S/C26H32N6O2/c1-27-13-12-23(20-9-5-4-6-10-20)34-18-19-8-7-11-21(16-19)32-15-14-31(3)24-22(25(32)33)17-29-26(28-2)30-24/h4-11,16-17,23,27H,12-15,18H2,1-3H3,(H,28,29,30). The van der Waals surface area contributed by atoms with E-state index in [2.05, 4.69) is 32.7 Å². The average Bonchev–Trinajstić information content (AvgIpc) is 3.00. The van der Waals surface area contributed by atoms with Crippen LogP contribution in [0, 0.1) is 0 Å². The molecule has 1 amide bonds. The Labute approximate surface area is 201 Å². The van der Waals surface area contributed by atoms with E-state index in [-0.39, 0.29) is 12.0 Å². The lowest BCUT2D eigenvalue weighted by atomic mass is 10.1. The normalized spacial score (nSPS) is 14.5. The van der Waals surface area contributed by atoms with Crippen LogP contribution >= 0.6 is 0 Å². The number of hydrogen-bond donors (Lipinski definition) is 2. The van der Waals surface area contributed by atoms with Crippen molar-refractivity contribution in [2.75, 3.05) is 55.9 Å². The molecule has 2 N–H and O–H groups in total. The average molecular weight is 461 g/mol. The van der Waals surface area contributed by atoms with Gasteiger partial charge >= 0.3 is 0 Å². The number of carbonyl (C=O) groups excluding carboxylic acids is 1. The van der Waals surface area contributed by atoms with Crippen LogP contribution in [0.25, 0.3) is 0 Å². The topological polar surface area (TPSA) is 82.6 Å². The molecule has 0 radical (unpaired) electrons. The first-order valence-corrected chi connectivity index (χ1v) is 11.6. The van der Waals surface area contributed by atoms with Gasteiger partial charge < -0.3 is 25.2 Å². The SMILES string of the molecule is CNCCC(OCc1cccc(N2CCN(C)c3nc(NC)ncc3C2=O)c1)c1ccccc1. The minimum atomic E-state index is -0.101. The van der Waals surface area contributed by atoms with Crippen LogP contribution in [0.5, 0.6) is 0 Å². The van der Waals surface area contributed by atoms with Gasteiger partial charge in [0.15, 0.2) is 0 Å². The Morgan fingerprint density at radius 3 is 2.68 bits per heavy atom. The number of hydrogen-bond acceptors (Lipinski definition) is 7. The molecule has 3 aromatic rings. The van der Waals surface area contributed by atoms with Gasteiger partial charge in [0.2, 0.25) is 5.95 Å². The summed E-state index contributed by atoms with van der Waals surface area (Å²) in [7, 11) is 5.66. The van der Waals surface area contributed by atoms with E-state index in [0.717, 1.165) is 29.8 Å². The van der Waals surface area contributed by atoms with Crippen molar-refractivity contribution in [1.29, 1.82) is 0 Å². The Morgan fingerprint density at radius 1 is 1.09 bits per heavy atom. The number of aromatic nitrogens is 2. The molecule has 1 aliphatic rings. The first kappa shape index (κ1) is 23.7. The number of likely N-dealkylation sites (N-methyl/N-ethyl adjacent to an activating group) is 1. The van der Waals surface area contributed by atoms with Gasteiger partial charge in [0, 0.05) is 39.1 Å². The molecule has 0 fully saturated rings. The second kappa shape index (κ2) is 11.1. The predicted molar refractivity (Wildman–Crippen MR) is 135 cm³/mol. The lowest BCUT2D eigenvalue weighted by Crippen LogP contribution is -2.33. The molecular formula is C26H32N6O2. The third-order valence-corrected chi connectivity index (χ3v) is 5.99. The highest BCUT2D eigenvalue weighted by Gasteiger charge is 2.28. The summed E-state index contributed by atoms with van der Waals surface area (Å²) in [4.78, 5) is 26.0. The summed E-state index contributed by atoms with van der Waals surface area (Å²) in [6.45, 7) is 2.55. The minimum absolute atomic E-state index is 0.00355. The van der Waals surface area contributed by atoms with Crippen LogP contribution in [0.4, 0.5) is 17.5 Å².